The summed E-state index contributed by atoms with van der Waals surface area (Å²) in [5.74, 6) is -0.364. The van der Waals surface area contributed by atoms with Gasteiger partial charge in [-0.3, -0.25) is 4.79 Å². The summed E-state index contributed by atoms with van der Waals surface area (Å²) in [6, 6.07) is 4.42. The lowest BCUT2D eigenvalue weighted by Gasteiger charge is -2.10. The van der Waals surface area contributed by atoms with Gasteiger partial charge in [0.1, 0.15) is 11.8 Å². The van der Waals surface area contributed by atoms with Gasteiger partial charge in [-0.25, -0.2) is 0 Å². The lowest BCUT2D eigenvalue weighted by molar-refractivity contribution is -0.138. The third-order valence-electron chi connectivity index (χ3n) is 2.15. The molecule has 1 atom stereocenters. The average molecular weight is 244 g/mol. The van der Waals surface area contributed by atoms with Crippen LogP contribution < -0.4 is 10.5 Å². The third-order valence-corrected chi connectivity index (χ3v) is 2.39. The summed E-state index contributed by atoms with van der Waals surface area (Å²) in [4.78, 5) is 10.5. The van der Waals surface area contributed by atoms with Crippen molar-refractivity contribution in [3.05, 3.63) is 28.8 Å². The van der Waals surface area contributed by atoms with Crippen molar-refractivity contribution in [2.45, 2.75) is 19.4 Å². The van der Waals surface area contributed by atoms with Crippen LogP contribution in [0.1, 0.15) is 12.0 Å². The molecule has 1 aromatic carbocycles. The van der Waals surface area contributed by atoms with Gasteiger partial charge in [0.15, 0.2) is 0 Å². The molecule has 0 fully saturated rings. The number of carbonyl (C=O) groups is 1. The van der Waals surface area contributed by atoms with Crippen molar-refractivity contribution < 1.29 is 14.6 Å². The third kappa shape index (κ3) is 3.72. The summed E-state index contributed by atoms with van der Waals surface area (Å²) in [5, 5.41) is 9.16. The van der Waals surface area contributed by atoms with Crippen molar-refractivity contribution >= 4 is 17.6 Å². The highest BCUT2D eigenvalue weighted by Crippen LogP contribution is 2.22. The van der Waals surface area contributed by atoms with Gasteiger partial charge in [-0.05, 0) is 24.6 Å². The van der Waals surface area contributed by atoms with E-state index in [-0.39, 0.29) is 13.0 Å². The molecule has 0 aliphatic carbocycles. The topological polar surface area (TPSA) is 72.5 Å². The molecular formula is C11H14ClNO3. The maximum atomic E-state index is 10.5. The van der Waals surface area contributed by atoms with E-state index in [0.717, 1.165) is 5.56 Å². The van der Waals surface area contributed by atoms with Crippen LogP contribution in [0.4, 0.5) is 0 Å². The maximum Gasteiger partial charge on any atom is 0.320 e. The van der Waals surface area contributed by atoms with Crippen LogP contribution in [0, 0.1) is 6.92 Å². The Hall–Kier alpha value is -1.26. The summed E-state index contributed by atoms with van der Waals surface area (Å²) in [5.41, 5.74) is 6.30. The number of nitrogens with two attached hydrogens (primary N) is 1. The lowest BCUT2D eigenvalue weighted by atomic mass is 10.2. The number of ether oxygens (including phenoxy) is 1. The number of halogens is 1. The largest absolute Gasteiger partial charge is 0.493 e. The molecule has 4 nitrogen and oxygen atoms in total. The molecule has 0 aliphatic rings. The molecule has 16 heavy (non-hydrogen) atoms. The van der Waals surface area contributed by atoms with E-state index in [1.807, 2.05) is 13.0 Å². The Balaban J connectivity index is 2.48. The van der Waals surface area contributed by atoms with Gasteiger partial charge in [0.25, 0.3) is 0 Å². The van der Waals surface area contributed by atoms with E-state index in [9.17, 15) is 4.79 Å². The Morgan fingerprint density at radius 2 is 2.31 bits per heavy atom. The van der Waals surface area contributed by atoms with E-state index in [2.05, 4.69) is 0 Å². The summed E-state index contributed by atoms with van der Waals surface area (Å²) in [6.45, 7) is 2.15. The van der Waals surface area contributed by atoms with Gasteiger partial charge >= 0.3 is 5.97 Å². The van der Waals surface area contributed by atoms with Crippen LogP contribution in [0.3, 0.4) is 0 Å². The number of benzene rings is 1. The minimum atomic E-state index is -1.02. The quantitative estimate of drug-likeness (QED) is 0.828. The van der Waals surface area contributed by atoms with Gasteiger partial charge in [-0.1, -0.05) is 17.7 Å². The fraction of sp³-hybridized carbons (Fsp3) is 0.364. The van der Waals surface area contributed by atoms with Crippen LogP contribution >= 0.6 is 11.6 Å². The number of hydrogen-bond donors (Lipinski definition) is 2. The van der Waals surface area contributed by atoms with Gasteiger partial charge in [0.05, 0.1) is 6.61 Å². The molecule has 0 bridgehead atoms. The Bertz CT molecular complexity index is 381. The molecule has 1 aromatic rings. The van der Waals surface area contributed by atoms with Crippen LogP contribution in [0.5, 0.6) is 5.75 Å². The highest BCUT2D eigenvalue weighted by molar-refractivity contribution is 6.30. The number of carboxylic acid groups (broad SMARTS) is 1. The van der Waals surface area contributed by atoms with E-state index in [4.69, 9.17) is 27.2 Å². The number of hydrogen-bond acceptors (Lipinski definition) is 3. The van der Waals surface area contributed by atoms with E-state index >= 15 is 0 Å². The molecule has 1 rings (SSSR count). The molecule has 0 amide bonds. The maximum absolute atomic E-state index is 10.5. The number of aliphatic carboxylic acids is 1. The molecule has 0 saturated carbocycles. The zero-order valence-corrected chi connectivity index (χ0v) is 9.70. The van der Waals surface area contributed by atoms with Gasteiger partial charge in [0, 0.05) is 11.4 Å². The number of carboxylic acids is 1. The van der Waals surface area contributed by atoms with Crippen LogP contribution in [-0.4, -0.2) is 23.7 Å². The fourth-order valence-electron chi connectivity index (χ4n) is 1.15. The molecule has 88 valence electrons. The van der Waals surface area contributed by atoms with Crippen molar-refractivity contribution in [2.24, 2.45) is 5.73 Å². The first-order valence-electron chi connectivity index (χ1n) is 4.88. The second-order valence-corrected chi connectivity index (χ2v) is 3.93. The van der Waals surface area contributed by atoms with E-state index in [1.54, 1.807) is 12.1 Å². The summed E-state index contributed by atoms with van der Waals surface area (Å²) < 4.78 is 5.41. The summed E-state index contributed by atoms with van der Waals surface area (Å²) in [6.07, 6.45) is 0.265. The van der Waals surface area contributed by atoms with Crippen LogP contribution in [0.15, 0.2) is 18.2 Å². The first-order valence-corrected chi connectivity index (χ1v) is 5.26. The molecule has 1 unspecified atom stereocenters. The first kappa shape index (κ1) is 12.8. The molecule has 3 N–H and O–H groups in total. The van der Waals surface area contributed by atoms with Gasteiger partial charge in [0.2, 0.25) is 0 Å². The summed E-state index contributed by atoms with van der Waals surface area (Å²) >= 11 is 5.81. The molecular weight excluding hydrogens is 230 g/mol. The van der Waals surface area contributed by atoms with Crippen molar-refractivity contribution in [1.82, 2.24) is 0 Å². The van der Waals surface area contributed by atoms with Crippen LogP contribution in [0.2, 0.25) is 5.02 Å². The zero-order valence-electron chi connectivity index (χ0n) is 8.94. The molecule has 0 spiro atoms. The van der Waals surface area contributed by atoms with E-state index in [0.29, 0.717) is 10.8 Å². The van der Waals surface area contributed by atoms with Gasteiger partial charge in [-0.15, -0.1) is 0 Å². The minimum absolute atomic E-state index is 0.259. The molecule has 0 aliphatic heterocycles. The Kier molecular flexibility index (Phi) is 4.58. The normalized spacial score (nSPS) is 12.2. The van der Waals surface area contributed by atoms with Crippen molar-refractivity contribution in [3.63, 3.8) is 0 Å². The zero-order chi connectivity index (χ0) is 12.1. The van der Waals surface area contributed by atoms with Crippen molar-refractivity contribution in [2.75, 3.05) is 6.61 Å². The standard InChI is InChI=1S/C11H14ClNO3/c1-7-2-3-8(12)6-10(7)16-5-4-9(13)11(14)15/h2-3,6,9H,4-5,13H2,1H3,(H,14,15). The minimum Gasteiger partial charge on any atom is -0.493 e. The molecule has 0 aromatic heterocycles. The number of rotatable bonds is 5. The van der Waals surface area contributed by atoms with Gasteiger partial charge in [-0.2, -0.15) is 0 Å². The Morgan fingerprint density at radius 1 is 1.62 bits per heavy atom. The molecule has 5 heteroatoms. The summed E-state index contributed by atoms with van der Waals surface area (Å²) in [7, 11) is 0. The predicted octanol–water partition coefficient (Wildman–Crippen LogP) is 1.83. The highest BCUT2D eigenvalue weighted by atomic mass is 35.5. The second-order valence-electron chi connectivity index (χ2n) is 3.49. The van der Waals surface area contributed by atoms with Crippen LogP contribution in [-0.2, 0) is 4.79 Å². The van der Waals surface area contributed by atoms with Gasteiger partial charge < -0.3 is 15.6 Å². The van der Waals surface area contributed by atoms with Crippen LogP contribution in [0.25, 0.3) is 0 Å². The lowest BCUT2D eigenvalue weighted by Crippen LogP contribution is -2.31. The SMILES string of the molecule is Cc1ccc(Cl)cc1OCCC(N)C(=O)O. The van der Waals surface area contributed by atoms with Crippen molar-refractivity contribution in [3.8, 4) is 5.75 Å². The molecule has 0 heterocycles. The Morgan fingerprint density at radius 3 is 2.94 bits per heavy atom. The molecule has 0 radical (unpaired) electrons. The fourth-order valence-corrected chi connectivity index (χ4v) is 1.31. The smallest absolute Gasteiger partial charge is 0.320 e. The van der Waals surface area contributed by atoms with E-state index in [1.165, 1.54) is 0 Å². The Labute approximate surface area is 99.0 Å². The molecule has 0 saturated heterocycles. The highest BCUT2D eigenvalue weighted by Gasteiger charge is 2.11. The van der Waals surface area contributed by atoms with E-state index < -0.39 is 12.0 Å². The second kappa shape index (κ2) is 5.72. The predicted molar refractivity (Wildman–Crippen MR) is 61.9 cm³/mol. The first-order chi connectivity index (χ1) is 7.50. The van der Waals surface area contributed by atoms with Crippen molar-refractivity contribution in [1.29, 1.82) is 0 Å². The average Bonchev–Trinajstić information content (AvgIpc) is 2.22. The monoisotopic (exact) mass is 243 g/mol. The number of aryl methyl sites for hydroxylation is 1.